The first-order valence-corrected chi connectivity index (χ1v) is 6.96. The lowest BCUT2D eigenvalue weighted by atomic mass is 10.2. The van der Waals surface area contributed by atoms with Gasteiger partial charge in [-0.2, -0.15) is 0 Å². The smallest absolute Gasteiger partial charge is 0.408 e. The summed E-state index contributed by atoms with van der Waals surface area (Å²) in [4.78, 5) is 20.7. The van der Waals surface area contributed by atoms with E-state index in [9.17, 15) is 14.3 Å². The van der Waals surface area contributed by atoms with Crippen LogP contribution in [0.4, 0.5) is 4.79 Å². The number of hydrogen-bond donors (Lipinski definition) is 2. The molecular weight excluding hydrogens is 257 g/mol. The van der Waals surface area contributed by atoms with Crippen molar-refractivity contribution < 1.29 is 23.5 Å². The van der Waals surface area contributed by atoms with Gasteiger partial charge < -0.3 is 19.5 Å². The molecule has 7 heteroatoms. The molecule has 6 nitrogen and oxygen atoms in total. The monoisotopic (exact) mass is 273 g/mol. The van der Waals surface area contributed by atoms with Crippen molar-refractivity contribution in [1.82, 2.24) is 5.32 Å². The fraction of sp³-hybridized carbons (Fsp3) is 0.364. The third kappa shape index (κ3) is 4.49. The van der Waals surface area contributed by atoms with Crippen LogP contribution in [0.15, 0.2) is 30.3 Å². The highest BCUT2D eigenvalue weighted by atomic mass is 31.2. The van der Waals surface area contributed by atoms with Gasteiger partial charge in [0.2, 0.25) is 0 Å². The molecule has 0 heterocycles. The predicted molar refractivity (Wildman–Crippen MR) is 66.1 cm³/mol. The Hall–Kier alpha value is -1.36. The summed E-state index contributed by atoms with van der Waals surface area (Å²) in [6.07, 6.45) is -0.766. The number of rotatable bonds is 5. The van der Waals surface area contributed by atoms with Crippen LogP contribution in [-0.2, 0) is 20.4 Å². The van der Waals surface area contributed by atoms with Gasteiger partial charge in [-0.25, -0.2) is 4.79 Å². The number of carbonyl (C=O) groups is 1. The average Bonchev–Trinajstić information content (AvgIpc) is 2.37. The lowest BCUT2D eigenvalue weighted by Gasteiger charge is -2.18. The normalized spacial score (nSPS) is 15.5. The summed E-state index contributed by atoms with van der Waals surface area (Å²) in [6, 6.07) is 9.12. The summed E-state index contributed by atoms with van der Waals surface area (Å²) in [5, 5.41) is 2.24. The molecule has 0 spiro atoms. The van der Waals surface area contributed by atoms with Gasteiger partial charge in [-0.1, -0.05) is 30.3 Å². The van der Waals surface area contributed by atoms with E-state index in [4.69, 9.17) is 4.74 Å². The lowest BCUT2D eigenvalue weighted by Crippen LogP contribution is -2.33. The van der Waals surface area contributed by atoms with Crippen molar-refractivity contribution in [2.75, 3.05) is 7.11 Å². The van der Waals surface area contributed by atoms with Gasteiger partial charge >= 0.3 is 13.7 Å². The predicted octanol–water partition coefficient (Wildman–Crippen LogP) is 2.09. The Balaban J connectivity index is 2.41. The summed E-state index contributed by atoms with van der Waals surface area (Å²) in [5.41, 5.74) is 0.833. The van der Waals surface area contributed by atoms with Gasteiger partial charge in [-0.05, 0) is 12.5 Å². The second-order valence-electron chi connectivity index (χ2n) is 3.63. The second-order valence-corrected chi connectivity index (χ2v) is 5.90. The van der Waals surface area contributed by atoms with E-state index in [0.29, 0.717) is 0 Å². The molecule has 0 bridgehead atoms. The molecule has 0 aliphatic rings. The van der Waals surface area contributed by atoms with Crippen molar-refractivity contribution in [3.8, 4) is 0 Å². The number of alkyl carbamates (subject to hydrolysis) is 1. The highest BCUT2D eigenvalue weighted by molar-refractivity contribution is 7.53. The van der Waals surface area contributed by atoms with Gasteiger partial charge in [0.25, 0.3) is 0 Å². The quantitative estimate of drug-likeness (QED) is 0.802. The second kappa shape index (κ2) is 6.54. The van der Waals surface area contributed by atoms with Crippen molar-refractivity contribution in [1.29, 1.82) is 0 Å². The molecule has 100 valence electrons. The molecule has 0 aromatic heterocycles. The first-order valence-electron chi connectivity index (χ1n) is 5.31. The zero-order chi connectivity index (χ0) is 13.6. The van der Waals surface area contributed by atoms with Crippen LogP contribution >= 0.6 is 7.60 Å². The Morgan fingerprint density at radius 1 is 1.44 bits per heavy atom. The van der Waals surface area contributed by atoms with Crippen molar-refractivity contribution in [2.45, 2.75) is 19.3 Å². The molecule has 0 radical (unpaired) electrons. The Labute approximate surface area is 105 Å². The third-order valence-corrected chi connectivity index (χ3v) is 3.92. The zero-order valence-corrected chi connectivity index (χ0v) is 11.1. The van der Waals surface area contributed by atoms with Crippen LogP contribution < -0.4 is 5.32 Å². The number of benzene rings is 1. The minimum atomic E-state index is -3.83. The molecule has 0 saturated carbocycles. The van der Waals surface area contributed by atoms with Gasteiger partial charge in [-0.15, -0.1) is 0 Å². The molecule has 0 saturated heterocycles. The minimum absolute atomic E-state index is 0.0993. The molecule has 0 fully saturated rings. The Bertz CT molecular complexity index is 436. The van der Waals surface area contributed by atoms with E-state index in [1.807, 2.05) is 30.3 Å². The van der Waals surface area contributed by atoms with Gasteiger partial charge in [0.1, 0.15) is 12.4 Å². The van der Waals surface area contributed by atoms with Crippen molar-refractivity contribution in [3.63, 3.8) is 0 Å². The number of amides is 1. The molecular formula is C11H16NO5P. The molecule has 0 aliphatic carbocycles. The molecule has 2 N–H and O–H groups in total. The van der Waals surface area contributed by atoms with Crippen LogP contribution in [0, 0.1) is 0 Å². The van der Waals surface area contributed by atoms with E-state index < -0.39 is 19.5 Å². The fourth-order valence-corrected chi connectivity index (χ4v) is 1.76. The first kappa shape index (κ1) is 14.7. The van der Waals surface area contributed by atoms with E-state index in [-0.39, 0.29) is 6.61 Å². The maximum absolute atomic E-state index is 11.4. The summed E-state index contributed by atoms with van der Waals surface area (Å²) in [7, 11) is -2.72. The Morgan fingerprint density at radius 3 is 2.61 bits per heavy atom. The van der Waals surface area contributed by atoms with Crippen LogP contribution in [0.5, 0.6) is 0 Å². The van der Waals surface area contributed by atoms with Gasteiger partial charge in [0.15, 0.2) is 0 Å². The van der Waals surface area contributed by atoms with Gasteiger partial charge in [0, 0.05) is 7.11 Å². The molecule has 18 heavy (non-hydrogen) atoms. The van der Waals surface area contributed by atoms with E-state index in [1.165, 1.54) is 6.92 Å². The van der Waals surface area contributed by atoms with Gasteiger partial charge in [-0.3, -0.25) is 4.57 Å². The average molecular weight is 273 g/mol. The van der Waals surface area contributed by atoms with E-state index >= 15 is 0 Å². The lowest BCUT2D eigenvalue weighted by molar-refractivity contribution is 0.137. The SMILES string of the molecule is COP(=O)(O)[C@H](C)NC(=O)OCc1ccccc1. The maximum Gasteiger partial charge on any atom is 0.408 e. The Kier molecular flexibility index (Phi) is 5.34. The van der Waals surface area contributed by atoms with Crippen molar-refractivity contribution >= 4 is 13.7 Å². The minimum Gasteiger partial charge on any atom is -0.445 e. The Morgan fingerprint density at radius 2 is 2.06 bits per heavy atom. The number of hydrogen-bond acceptors (Lipinski definition) is 4. The molecule has 1 unspecified atom stereocenters. The van der Waals surface area contributed by atoms with E-state index in [2.05, 4.69) is 9.84 Å². The molecule has 1 aromatic rings. The third-order valence-electron chi connectivity index (χ3n) is 2.29. The summed E-state index contributed by atoms with van der Waals surface area (Å²) < 4.78 is 20.7. The highest BCUT2D eigenvalue weighted by Crippen LogP contribution is 2.44. The van der Waals surface area contributed by atoms with Crippen LogP contribution in [0.3, 0.4) is 0 Å². The molecule has 2 atom stereocenters. The molecule has 0 aliphatic heterocycles. The molecule has 1 amide bonds. The van der Waals surface area contributed by atoms with Crippen LogP contribution in [0.25, 0.3) is 0 Å². The summed E-state index contributed by atoms with van der Waals surface area (Å²) in [6.45, 7) is 1.47. The highest BCUT2D eigenvalue weighted by Gasteiger charge is 2.28. The first-order chi connectivity index (χ1) is 8.45. The standard InChI is InChI=1S/C11H16NO5P/c1-9(18(14,15)16-2)12-11(13)17-8-10-6-4-3-5-7-10/h3-7,9H,8H2,1-2H3,(H,12,13)(H,14,15)/t9-/m1/s1. The van der Waals surface area contributed by atoms with Crippen molar-refractivity contribution in [3.05, 3.63) is 35.9 Å². The zero-order valence-electron chi connectivity index (χ0n) is 10.2. The number of nitrogens with one attached hydrogen (secondary N) is 1. The maximum atomic E-state index is 11.4. The van der Waals surface area contributed by atoms with Crippen LogP contribution in [0.1, 0.15) is 12.5 Å². The van der Waals surface area contributed by atoms with Crippen LogP contribution in [0.2, 0.25) is 0 Å². The van der Waals surface area contributed by atoms with Crippen LogP contribution in [-0.4, -0.2) is 23.9 Å². The van der Waals surface area contributed by atoms with Crippen molar-refractivity contribution in [2.24, 2.45) is 0 Å². The number of ether oxygens (including phenoxy) is 1. The molecule has 1 rings (SSSR count). The number of carbonyl (C=O) groups excluding carboxylic acids is 1. The summed E-state index contributed by atoms with van der Waals surface area (Å²) in [5.74, 6) is -1.02. The molecule has 1 aromatic carbocycles. The van der Waals surface area contributed by atoms with E-state index in [0.717, 1.165) is 12.7 Å². The van der Waals surface area contributed by atoms with E-state index in [1.54, 1.807) is 0 Å². The summed E-state index contributed by atoms with van der Waals surface area (Å²) >= 11 is 0. The van der Waals surface area contributed by atoms with Gasteiger partial charge in [0.05, 0.1) is 0 Å². The topological polar surface area (TPSA) is 84.9 Å². The largest absolute Gasteiger partial charge is 0.445 e. The fourth-order valence-electron chi connectivity index (χ4n) is 1.18.